The summed E-state index contributed by atoms with van der Waals surface area (Å²) in [6, 6.07) is 10.7. The van der Waals surface area contributed by atoms with Crippen LogP contribution in [-0.4, -0.2) is 14.2 Å². The van der Waals surface area contributed by atoms with E-state index in [0.717, 1.165) is 16.9 Å². The van der Waals surface area contributed by atoms with Gasteiger partial charge in [-0.3, -0.25) is 0 Å². The maximum Gasteiger partial charge on any atom is 0.131 e. The number of benzene rings is 2. The Bertz CT molecular complexity index is 613. The topological polar surface area (TPSA) is 18.5 Å². The molecule has 0 heterocycles. The zero-order valence-electron chi connectivity index (χ0n) is 11.6. The number of aryl methyl sites for hydroxylation is 1. The third kappa shape index (κ3) is 2.96. The van der Waals surface area contributed by atoms with Gasteiger partial charge in [-0.1, -0.05) is 34.1 Å². The van der Waals surface area contributed by atoms with Crippen molar-refractivity contribution in [3.63, 3.8) is 0 Å². The number of hydrogen-bond acceptors (Lipinski definition) is 2. The van der Waals surface area contributed by atoms with Gasteiger partial charge in [0.25, 0.3) is 0 Å². The maximum atomic E-state index is 14.1. The number of ether oxygens (including phenoxy) is 2. The van der Waals surface area contributed by atoms with E-state index in [1.54, 1.807) is 19.2 Å². The van der Waals surface area contributed by atoms with Gasteiger partial charge >= 0.3 is 0 Å². The predicted octanol–water partition coefficient (Wildman–Crippen LogP) is 4.64. The molecule has 0 aromatic heterocycles. The molecule has 0 bridgehead atoms. The van der Waals surface area contributed by atoms with Crippen LogP contribution in [0.2, 0.25) is 0 Å². The Morgan fingerprint density at radius 3 is 2.40 bits per heavy atom. The quantitative estimate of drug-likeness (QED) is 0.756. The zero-order chi connectivity index (χ0) is 14.7. The Balaban J connectivity index is 2.38. The van der Waals surface area contributed by atoms with E-state index >= 15 is 0 Å². The molecule has 0 radical (unpaired) electrons. The van der Waals surface area contributed by atoms with Crippen molar-refractivity contribution in [1.82, 2.24) is 0 Å². The van der Waals surface area contributed by atoms with E-state index in [4.69, 9.17) is 9.47 Å². The van der Waals surface area contributed by atoms with E-state index in [1.165, 1.54) is 13.2 Å². The average Bonchev–Trinajstić information content (AvgIpc) is 2.47. The van der Waals surface area contributed by atoms with E-state index in [2.05, 4.69) is 15.9 Å². The van der Waals surface area contributed by atoms with Crippen LogP contribution in [0.1, 0.15) is 21.5 Å². The molecule has 4 heteroatoms. The Hall–Kier alpha value is -1.55. The fraction of sp³-hybridized carbons (Fsp3) is 0.250. The van der Waals surface area contributed by atoms with Gasteiger partial charge in [0.15, 0.2) is 0 Å². The van der Waals surface area contributed by atoms with Gasteiger partial charge in [0.2, 0.25) is 0 Å². The molecule has 2 nitrogen and oxygen atoms in total. The molecule has 20 heavy (non-hydrogen) atoms. The van der Waals surface area contributed by atoms with Crippen molar-refractivity contribution in [3.8, 4) is 11.5 Å². The first-order valence-corrected chi connectivity index (χ1v) is 7.10. The van der Waals surface area contributed by atoms with Crippen molar-refractivity contribution in [2.75, 3.05) is 14.2 Å². The third-order valence-electron chi connectivity index (χ3n) is 3.21. The zero-order valence-corrected chi connectivity index (χ0v) is 13.2. The molecule has 0 saturated heterocycles. The van der Waals surface area contributed by atoms with Gasteiger partial charge in [-0.25, -0.2) is 4.39 Å². The monoisotopic (exact) mass is 338 g/mol. The Morgan fingerprint density at radius 2 is 1.80 bits per heavy atom. The number of rotatable bonds is 4. The van der Waals surface area contributed by atoms with Crippen LogP contribution in [0.4, 0.5) is 4.39 Å². The molecule has 2 rings (SSSR count). The van der Waals surface area contributed by atoms with Crippen molar-refractivity contribution in [1.29, 1.82) is 0 Å². The number of methoxy groups -OCH3 is 2. The van der Waals surface area contributed by atoms with E-state index < -0.39 is 0 Å². The molecular weight excluding hydrogens is 323 g/mol. The number of hydrogen-bond donors (Lipinski definition) is 0. The van der Waals surface area contributed by atoms with Crippen LogP contribution in [0.3, 0.4) is 0 Å². The minimum atomic E-state index is -0.300. The summed E-state index contributed by atoms with van der Waals surface area (Å²) in [7, 11) is 3.15. The molecule has 0 aliphatic carbocycles. The molecule has 1 atom stereocenters. The van der Waals surface area contributed by atoms with E-state index in [9.17, 15) is 4.39 Å². The van der Waals surface area contributed by atoms with E-state index in [0.29, 0.717) is 11.3 Å². The van der Waals surface area contributed by atoms with Crippen molar-refractivity contribution in [2.24, 2.45) is 0 Å². The molecule has 1 unspecified atom stereocenters. The van der Waals surface area contributed by atoms with Crippen LogP contribution >= 0.6 is 15.9 Å². The molecule has 0 aliphatic heterocycles. The Morgan fingerprint density at radius 1 is 1.05 bits per heavy atom. The first-order chi connectivity index (χ1) is 9.56. The fourth-order valence-electron chi connectivity index (χ4n) is 2.01. The second kappa shape index (κ2) is 6.27. The highest BCUT2D eigenvalue weighted by molar-refractivity contribution is 9.09. The lowest BCUT2D eigenvalue weighted by Gasteiger charge is -2.14. The summed E-state index contributed by atoms with van der Waals surface area (Å²) in [5, 5.41) is 0. The van der Waals surface area contributed by atoms with Gasteiger partial charge < -0.3 is 9.47 Å². The van der Waals surface area contributed by atoms with Gasteiger partial charge in [0.05, 0.1) is 19.0 Å². The van der Waals surface area contributed by atoms with E-state index in [1.807, 2.05) is 25.1 Å². The second-order valence-electron chi connectivity index (χ2n) is 4.48. The van der Waals surface area contributed by atoms with Crippen LogP contribution in [-0.2, 0) is 0 Å². The molecule has 0 spiro atoms. The summed E-state index contributed by atoms with van der Waals surface area (Å²) in [6.45, 7) is 1.97. The average molecular weight is 339 g/mol. The lowest BCUT2D eigenvalue weighted by Crippen LogP contribution is -1.99. The highest BCUT2D eigenvalue weighted by Crippen LogP contribution is 2.35. The Kier molecular flexibility index (Phi) is 4.65. The molecule has 0 fully saturated rings. The smallest absolute Gasteiger partial charge is 0.131 e. The largest absolute Gasteiger partial charge is 0.497 e. The lowest BCUT2D eigenvalue weighted by atomic mass is 10.0. The minimum Gasteiger partial charge on any atom is -0.497 e. The van der Waals surface area contributed by atoms with Gasteiger partial charge in [-0.15, -0.1) is 0 Å². The molecule has 0 aliphatic rings. The van der Waals surface area contributed by atoms with Crippen LogP contribution in [0.5, 0.6) is 11.5 Å². The van der Waals surface area contributed by atoms with Crippen LogP contribution < -0.4 is 9.47 Å². The summed E-state index contributed by atoms with van der Waals surface area (Å²) in [6.07, 6.45) is 0. The van der Waals surface area contributed by atoms with E-state index in [-0.39, 0.29) is 10.6 Å². The molecule has 0 N–H and O–H groups in total. The first kappa shape index (κ1) is 14.9. The van der Waals surface area contributed by atoms with Crippen LogP contribution in [0.15, 0.2) is 36.4 Å². The number of alkyl halides is 1. The molecule has 106 valence electrons. The van der Waals surface area contributed by atoms with Gasteiger partial charge in [0.1, 0.15) is 17.3 Å². The molecule has 0 saturated carbocycles. The lowest BCUT2D eigenvalue weighted by molar-refractivity contribution is 0.410. The summed E-state index contributed by atoms with van der Waals surface area (Å²) >= 11 is 3.54. The van der Waals surface area contributed by atoms with Crippen LogP contribution in [0.25, 0.3) is 0 Å². The predicted molar refractivity (Wildman–Crippen MR) is 81.5 cm³/mol. The van der Waals surface area contributed by atoms with Crippen molar-refractivity contribution in [3.05, 3.63) is 58.9 Å². The molecular formula is C16H16BrFO2. The standard InChI is InChI=1S/C16H16BrFO2/c1-10-4-5-11(8-15(10)20-3)16(17)13-7-6-12(19-2)9-14(13)18/h4-9,16H,1-3H3. The molecule has 2 aromatic carbocycles. The molecule has 0 amide bonds. The van der Waals surface area contributed by atoms with Crippen LogP contribution in [0, 0.1) is 12.7 Å². The van der Waals surface area contributed by atoms with Crippen molar-refractivity contribution in [2.45, 2.75) is 11.8 Å². The maximum absolute atomic E-state index is 14.1. The Labute approximate surface area is 126 Å². The second-order valence-corrected chi connectivity index (χ2v) is 5.39. The highest BCUT2D eigenvalue weighted by atomic mass is 79.9. The normalized spacial score (nSPS) is 12.1. The highest BCUT2D eigenvalue weighted by Gasteiger charge is 2.16. The summed E-state index contributed by atoms with van der Waals surface area (Å²) in [5.74, 6) is 0.999. The first-order valence-electron chi connectivity index (χ1n) is 6.19. The van der Waals surface area contributed by atoms with Gasteiger partial charge in [-0.2, -0.15) is 0 Å². The SMILES string of the molecule is COc1ccc(C(Br)c2ccc(C)c(OC)c2)c(F)c1. The molecule has 2 aromatic rings. The number of halogens is 2. The van der Waals surface area contributed by atoms with Crippen molar-refractivity contribution >= 4 is 15.9 Å². The van der Waals surface area contributed by atoms with Gasteiger partial charge in [0, 0.05) is 11.6 Å². The minimum absolute atomic E-state index is 0.233. The fourth-order valence-corrected chi connectivity index (χ4v) is 2.67. The summed E-state index contributed by atoms with van der Waals surface area (Å²) in [4.78, 5) is -0.233. The summed E-state index contributed by atoms with van der Waals surface area (Å²) < 4.78 is 24.4. The summed E-state index contributed by atoms with van der Waals surface area (Å²) in [5.41, 5.74) is 2.55. The third-order valence-corrected chi connectivity index (χ3v) is 4.23. The van der Waals surface area contributed by atoms with Gasteiger partial charge in [-0.05, 0) is 30.2 Å². The van der Waals surface area contributed by atoms with Crippen molar-refractivity contribution < 1.29 is 13.9 Å².